The summed E-state index contributed by atoms with van der Waals surface area (Å²) in [6, 6.07) is 0. The molecule has 0 radical (unpaired) electrons. The number of rotatable bonds is 0. The van der Waals surface area contributed by atoms with Crippen molar-refractivity contribution < 1.29 is 0 Å². The molecule has 0 atom stereocenters. The molecule has 0 aromatic carbocycles. The molecule has 0 aromatic rings. The number of hydrogen-bond donors (Lipinski definition) is 0. The molecular weight excluding hydrogens is 158 g/mol. The fraction of sp³-hybridized carbons (Fsp3) is 1.00. The molecule has 0 saturated carbocycles. The van der Waals surface area contributed by atoms with Crippen LogP contribution in [0.1, 0.15) is 57.8 Å². The third kappa shape index (κ3) is 6.09. The second-order valence-corrected chi connectivity index (χ2v) is 4.49. The standard InChI is InChI=1S/C12H25N/c1-13-11-9-7-5-3-2-4-6-8-10-12-13/h2-12H2,1H3. The Hall–Kier alpha value is -0.0400. The van der Waals surface area contributed by atoms with Crippen molar-refractivity contribution in [2.45, 2.75) is 57.8 Å². The first kappa shape index (κ1) is 11.0. The molecular formula is C12H25N. The molecule has 0 spiro atoms. The maximum atomic E-state index is 2.50. The van der Waals surface area contributed by atoms with E-state index in [9.17, 15) is 0 Å². The van der Waals surface area contributed by atoms with Crippen molar-refractivity contribution in [3.05, 3.63) is 0 Å². The molecule has 0 aromatic heterocycles. The normalized spacial score (nSPS) is 24.7. The maximum Gasteiger partial charge on any atom is -0.00218 e. The second kappa shape index (κ2) is 7.37. The fourth-order valence-electron chi connectivity index (χ4n) is 2.11. The van der Waals surface area contributed by atoms with Crippen LogP contribution in [0, 0.1) is 0 Å². The van der Waals surface area contributed by atoms with Crippen LogP contribution in [0.3, 0.4) is 0 Å². The van der Waals surface area contributed by atoms with Crippen LogP contribution in [0.4, 0.5) is 0 Å². The zero-order chi connectivity index (χ0) is 9.36. The van der Waals surface area contributed by atoms with Gasteiger partial charge in [-0.15, -0.1) is 0 Å². The molecule has 0 amide bonds. The summed E-state index contributed by atoms with van der Waals surface area (Å²) in [5.74, 6) is 0. The molecule has 13 heavy (non-hydrogen) atoms. The lowest BCUT2D eigenvalue weighted by Gasteiger charge is -2.17. The van der Waals surface area contributed by atoms with Crippen LogP contribution >= 0.6 is 0 Å². The third-order valence-corrected chi connectivity index (χ3v) is 3.08. The minimum atomic E-state index is 1.32. The smallest absolute Gasteiger partial charge is 0.00218 e. The zero-order valence-corrected chi connectivity index (χ0v) is 9.23. The van der Waals surface area contributed by atoms with Crippen molar-refractivity contribution >= 4 is 0 Å². The van der Waals surface area contributed by atoms with E-state index in [4.69, 9.17) is 0 Å². The predicted octanol–water partition coefficient (Wildman–Crippen LogP) is 3.44. The summed E-state index contributed by atoms with van der Waals surface area (Å²) >= 11 is 0. The van der Waals surface area contributed by atoms with Crippen LogP contribution in [0.5, 0.6) is 0 Å². The van der Waals surface area contributed by atoms with Gasteiger partial charge in [0.25, 0.3) is 0 Å². The summed E-state index contributed by atoms with van der Waals surface area (Å²) in [7, 11) is 2.27. The van der Waals surface area contributed by atoms with Gasteiger partial charge in [-0.05, 0) is 33.0 Å². The summed E-state index contributed by atoms with van der Waals surface area (Å²) in [6.07, 6.45) is 13.1. The van der Waals surface area contributed by atoms with Crippen molar-refractivity contribution in [1.82, 2.24) is 4.90 Å². The van der Waals surface area contributed by atoms with E-state index >= 15 is 0 Å². The van der Waals surface area contributed by atoms with Crippen LogP contribution in [-0.4, -0.2) is 25.0 Å². The second-order valence-electron chi connectivity index (χ2n) is 4.49. The van der Waals surface area contributed by atoms with E-state index in [0.717, 1.165) is 0 Å². The average Bonchev–Trinajstić information content (AvgIpc) is 2.11. The fourth-order valence-corrected chi connectivity index (χ4v) is 2.11. The molecule has 1 aliphatic heterocycles. The Morgan fingerprint density at radius 3 is 1.23 bits per heavy atom. The molecule has 1 nitrogen and oxygen atoms in total. The Kier molecular flexibility index (Phi) is 6.26. The topological polar surface area (TPSA) is 3.24 Å². The van der Waals surface area contributed by atoms with Crippen molar-refractivity contribution in [3.8, 4) is 0 Å². The van der Waals surface area contributed by atoms with Gasteiger partial charge in [-0.1, -0.05) is 44.9 Å². The van der Waals surface area contributed by atoms with E-state index in [1.807, 2.05) is 0 Å². The highest BCUT2D eigenvalue weighted by Gasteiger charge is 2.00. The van der Waals surface area contributed by atoms with Crippen LogP contribution < -0.4 is 0 Å². The zero-order valence-electron chi connectivity index (χ0n) is 9.23. The van der Waals surface area contributed by atoms with Crippen LogP contribution in [0.2, 0.25) is 0 Å². The van der Waals surface area contributed by atoms with Gasteiger partial charge in [0.1, 0.15) is 0 Å². The monoisotopic (exact) mass is 183 g/mol. The quantitative estimate of drug-likeness (QED) is 0.556. The van der Waals surface area contributed by atoms with E-state index in [1.165, 1.54) is 70.9 Å². The van der Waals surface area contributed by atoms with Gasteiger partial charge in [-0.25, -0.2) is 0 Å². The lowest BCUT2D eigenvalue weighted by atomic mass is 10.1. The molecule has 1 heteroatoms. The first-order valence-corrected chi connectivity index (χ1v) is 6.08. The van der Waals surface area contributed by atoms with Gasteiger partial charge in [0.05, 0.1) is 0 Å². The number of hydrogen-bond acceptors (Lipinski definition) is 1. The molecule has 78 valence electrons. The molecule has 0 unspecified atom stereocenters. The summed E-state index contributed by atoms with van der Waals surface area (Å²) in [5.41, 5.74) is 0. The largest absolute Gasteiger partial charge is 0.306 e. The Balaban J connectivity index is 2.11. The van der Waals surface area contributed by atoms with Gasteiger partial charge >= 0.3 is 0 Å². The minimum Gasteiger partial charge on any atom is -0.306 e. The maximum absolute atomic E-state index is 2.50. The van der Waals surface area contributed by atoms with Crippen molar-refractivity contribution in [2.75, 3.05) is 20.1 Å². The number of nitrogens with zero attached hydrogens (tertiary/aromatic N) is 1. The van der Waals surface area contributed by atoms with Gasteiger partial charge in [0.15, 0.2) is 0 Å². The van der Waals surface area contributed by atoms with E-state index in [2.05, 4.69) is 11.9 Å². The molecule has 1 heterocycles. The lowest BCUT2D eigenvalue weighted by molar-refractivity contribution is 0.311. The van der Waals surface area contributed by atoms with Gasteiger partial charge in [-0.2, -0.15) is 0 Å². The van der Waals surface area contributed by atoms with Gasteiger partial charge in [-0.3, -0.25) is 0 Å². The summed E-state index contributed by atoms with van der Waals surface area (Å²) in [5, 5.41) is 0. The van der Waals surface area contributed by atoms with E-state index < -0.39 is 0 Å². The molecule has 1 aliphatic rings. The summed E-state index contributed by atoms with van der Waals surface area (Å²) in [4.78, 5) is 2.50. The summed E-state index contributed by atoms with van der Waals surface area (Å²) in [6.45, 7) is 2.64. The van der Waals surface area contributed by atoms with Crippen molar-refractivity contribution in [2.24, 2.45) is 0 Å². The average molecular weight is 183 g/mol. The Labute approximate surface area is 83.5 Å². The minimum absolute atomic E-state index is 1.32. The molecule has 0 aliphatic carbocycles. The van der Waals surface area contributed by atoms with Crippen molar-refractivity contribution in [3.63, 3.8) is 0 Å². The van der Waals surface area contributed by atoms with Crippen LogP contribution in [0.15, 0.2) is 0 Å². The Bertz CT molecular complexity index is 99.7. The molecule has 1 fully saturated rings. The van der Waals surface area contributed by atoms with Crippen molar-refractivity contribution in [1.29, 1.82) is 0 Å². The SMILES string of the molecule is CN1CCCCCCCCCCC1. The molecule has 0 N–H and O–H groups in total. The van der Waals surface area contributed by atoms with E-state index in [0.29, 0.717) is 0 Å². The molecule has 1 saturated heterocycles. The Morgan fingerprint density at radius 2 is 0.846 bits per heavy atom. The van der Waals surface area contributed by atoms with Gasteiger partial charge in [0.2, 0.25) is 0 Å². The van der Waals surface area contributed by atoms with Gasteiger partial charge < -0.3 is 4.90 Å². The lowest BCUT2D eigenvalue weighted by Crippen LogP contribution is -2.20. The van der Waals surface area contributed by atoms with Crippen LogP contribution in [-0.2, 0) is 0 Å². The Morgan fingerprint density at radius 1 is 0.538 bits per heavy atom. The highest BCUT2D eigenvalue weighted by molar-refractivity contribution is 4.55. The summed E-state index contributed by atoms with van der Waals surface area (Å²) < 4.78 is 0. The third-order valence-electron chi connectivity index (χ3n) is 3.08. The first-order chi connectivity index (χ1) is 6.39. The van der Waals surface area contributed by atoms with Gasteiger partial charge in [0, 0.05) is 0 Å². The predicted molar refractivity (Wildman–Crippen MR) is 59.1 cm³/mol. The molecule has 0 bridgehead atoms. The van der Waals surface area contributed by atoms with Crippen LogP contribution in [0.25, 0.3) is 0 Å². The highest BCUT2D eigenvalue weighted by Crippen LogP contribution is 2.11. The first-order valence-electron chi connectivity index (χ1n) is 6.08. The van der Waals surface area contributed by atoms with E-state index in [-0.39, 0.29) is 0 Å². The van der Waals surface area contributed by atoms with E-state index in [1.54, 1.807) is 0 Å². The molecule has 1 rings (SSSR count). The highest BCUT2D eigenvalue weighted by atomic mass is 15.1.